The third kappa shape index (κ3) is 4.41. The molecule has 0 saturated carbocycles. The van der Waals surface area contributed by atoms with E-state index in [0.29, 0.717) is 33.7 Å². The van der Waals surface area contributed by atoms with Crippen molar-refractivity contribution < 1.29 is 17.6 Å². The molecule has 0 aliphatic heterocycles. The van der Waals surface area contributed by atoms with Gasteiger partial charge in [-0.3, -0.25) is 4.98 Å². The minimum absolute atomic E-state index is 0.0641. The van der Waals surface area contributed by atoms with Gasteiger partial charge in [-0.1, -0.05) is 12.1 Å². The minimum Gasteiger partial charge on any atom is -0.363 e. The topological polar surface area (TPSA) is 50.7 Å². The summed E-state index contributed by atoms with van der Waals surface area (Å²) in [5.41, 5.74) is 1.92. The molecule has 2 unspecified atom stereocenters. The number of anilines is 1. The molecular weight excluding hydrogens is 432 g/mol. The predicted molar refractivity (Wildman–Crippen MR) is 119 cm³/mol. The first-order chi connectivity index (χ1) is 16.0. The van der Waals surface area contributed by atoms with Crippen LogP contribution >= 0.6 is 0 Å². The number of nitrogens with zero attached hydrogens (tertiary/aromatic N) is 3. The van der Waals surface area contributed by atoms with Crippen molar-refractivity contribution in [1.29, 1.82) is 0 Å². The summed E-state index contributed by atoms with van der Waals surface area (Å²) >= 11 is 0. The summed E-state index contributed by atoms with van der Waals surface area (Å²) in [5.74, 6) is -2.49. The molecule has 0 amide bonds. The number of aromatic nitrogens is 3. The zero-order valence-corrected chi connectivity index (χ0v) is 17.3. The van der Waals surface area contributed by atoms with Crippen molar-refractivity contribution in [3.63, 3.8) is 0 Å². The average molecular weight is 450 g/mol. The van der Waals surface area contributed by atoms with Crippen LogP contribution in [0.15, 0.2) is 90.3 Å². The maximum absolute atomic E-state index is 13.8. The van der Waals surface area contributed by atoms with Crippen molar-refractivity contribution in [3.05, 3.63) is 95.9 Å². The van der Waals surface area contributed by atoms with Gasteiger partial charge in [0.15, 0.2) is 11.7 Å². The van der Waals surface area contributed by atoms with Crippen LogP contribution in [0.25, 0.3) is 22.3 Å². The fourth-order valence-corrected chi connectivity index (χ4v) is 3.97. The highest BCUT2D eigenvalue weighted by Gasteiger charge is 2.21. The lowest BCUT2D eigenvalue weighted by Gasteiger charge is -2.20. The summed E-state index contributed by atoms with van der Waals surface area (Å²) in [6.07, 6.45) is 8.05. The number of benzene rings is 1. The van der Waals surface area contributed by atoms with E-state index in [0.717, 1.165) is 12.2 Å². The van der Waals surface area contributed by atoms with Crippen molar-refractivity contribution in [2.75, 3.05) is 5.32 Å². The standard InChI is InChI=1S/C25H18F4N4/c26-17-8-16(9-18(27)11-17)14-3-5-20-23(10-14)32-24(15-2-1-7-30-13-15)33-25(20)31-19-4-6-21(28)22(29)12-19/h1-8,10-11,13,16,19H,9,12H2,(H,31,32,33). The number of hydrogen-bond acceptors (Lipinski definition) is 4. The highest BCUT2D eigenvalue weighted by molar-refractivity contribution is 5.91. The number of rotatable bonds is 4. The van der Waals surface area contributed by atoms with Crippen LogP contribution in [0.4, 0.5) is 23.4 Å². The third-order valence-corrected chi connectivity index (χ3v) is 5.59. The van der Waals surface area contributed by atoms with Crippen molar-refractivity contribution in [2.45, 2.75) is 24.8 Å². The second-order valence-corrected chi connectivity index (χ2v) is 7.93. The maximum Gasteiger partial charge on any atom is 0.163 e. The Balaban J connectivity index is 1.58. The average Bonchev–Trinajstić information content (AvgIpc) is 2.81. The number of fused-ring (bicyclic) bond motifs is 1. The predicted octanol–water partition coefficient (Wildman–Crippen LogP) is 6.78. The fraction of sp³-hybridized carbons (Fsp3) is 0.160. The Morgan fingerprint density at radius 3 is 2.64 bits per heavy atom. The Bertz CT molecular complexity index is 1350. The van der Waals surface area contributed by atoms with E-state index in [2.05, 4.69) is 20.3 Å². The Morgan fingerprint density at radius 1 is 1.00 bits per heavy atom. The normalized spacial score (nSPS) is 20.6. The van der Waals surface area contributed by atoms with Crippen LogP contribution in [0, 0.1) is 0 Å². The first-order valence-corrected chi connectivity index (χ1v) is 10.4. The molecule has 2 atom stereocenters. The van der Waals surface area contributed by atoms with E-state index in [4.69, 9.17) is 0 Å². The van der Waals surface area contributed by atoms with Crippen LogP contribution in [0.1, 0.15) is 24.3 Å². The van der Waals surface area contributed by atoms with Gasteiger partial charge in [-0.05, 0) is 42.0 Å². The zero-order chi connectivity index (χ0) is 22.9. The van der Waals surface area contributed by atoms with Gasteiger partial charge in [-0.25, -0.2) is 27.5 Å². The lowest BCUT2D eigenvalue weighted by molar-refractivity contribution is 0.506. The van der Waals surface area contributed by atoms with Gasteiger partial charge in [-0.15, -0.1) is 0 Å². The summed E-state index contributed by atoms with van der Waals surface area (Å²) in [4.78, 5) is 13.4. The summed E-state index contributed by atoms with van der Waals surface area (Å²) < 4.78 is 54.8. The maximum atomic E-state index is 13.8. The molecule has 1 aromatic carbocycles. The highest BCUT2D eigenvalue weighted by atomic mass is 19.2. The van der Waals surface area contributed by atoms with Gasteiger partial charge in [0.2, 0.25) is 0 Å². The largest absolute Gasteiger partial charge is 0.363 e. The molecular formula is C25H18F4N4. The zero-order valence-electron chi connectivity index (χ0n) is 17.3. The van der Waals surface area contributed by atoms with Crippen LogP contribution in [-0.2, 0) is 0 Å². The summed E-state index contributed by atoms with van der Waals surface area (Å²) in [5, 5.41) is 3.80. The third-order valence-electron chi connectivity index (χ3n) is 5.59. The van der Waals surface area contributed by atoms with Crippen LogP contribution in [0.3, 0.4) is 0 Å². The van der Waals surface area contributed by atoms with E-state index < -0.39 is 35.3 Å². The van der Waals surface area contributed by atoms with Crippen LogP contribution in [0.2, 0.25) is 0 Å². The van der Waals surface area contributed by atoms with Crippen molar-refractivity contribution >= 4 is 16.7 Å². The molecule has 3 aromatic rings. The molecule has 33 heavy (non-hydrogen) atoms. The van der Waals surface area contributed by atoms with Gasteiger partial charge >= 0.3 is 0 Å². The molecule has 1 N–H and O–H groups in total. The number of pyridine rings is 1. The van der Waals surface area contributed by atoms with Crippen LogP contribution in [0.5, 0.6) is 0 Å². The minimum atomic E-state index is -0.879. The molecule has 2 aliphatic rings. The summed E-state index contributed by atoms with van der Waals surface area (Å²) in [7, 11) is 0. The number of allylic oxidation sites excluding steroid dienone is 6. The highest BCUT2D eigenvalue weighted by Crippen LogP contribution is 2.35. The van der Waals surface area contributed by atoms with Gasteiger partial charge in [0, 0.05) is 48.2 Å². The Hall–Kier alpha value is -3.81. The Labute approximate surface area is 187 Å². The molecule has 2 aliphatic carbocycles. The lowest BCUT2D eigenvalue weighted by atomic mass is 9.91. The Morgan fingerprint density at radius 2 is 1.88 bits per heavy atom. The van der Waals surface area contributed by atoms with E-state index in [1.165, 1.54) is 12.2 Å². The van der Waals surface area contributed by atoms with Gasteiger partial charge < -0.3 is 5.32 Å². The smallest absolute Gasteiger partial charge is 0.163 e. The van der Waals surface area contributed by atoms with Crippen molar-refractivity contribution in [1.82, 2.24) is 15.0 Å². The van der Waals surface area contributed by atoms with E-state index in [9.17, 15) is 17.6 Å². The second kappa shape index (κ2) is 8.61. The van der Waals surface area contributed by atoms with Crippen LogP contribution < -0.4 is 5.32 Å². The molecule has 0 bridgehead atoms. The van der Waals surface area contributed by atoms with E-state index in [-0.39, 0.29) is 12.8 Å². The molecule has 0 spiro atoms. The molecule has 8 heteroatoms. The van der Waals surface area contributed by atoms with E-state index in [1.54, 1.807) is 42.7 Å². The Kier molecular flexibility index (Phi) is 5.50. The second-order valence-electron chi connectivity index (χ2n) is 7.93. The SMILES string of the molecule is FC1=CC(c2ccc3c(NC4C=CC(F)=C(F)C4)nc(-c4cccnc4)nc3c2)CC(F)=C1. The molecule has 166 valence electrons. The van der Waals surface area contributed by atoms with Gasteiger partial charge in [0.1, 0.15) is 23.3 Å². The summed E-state index contributed by atoms with van der Waals surface area (Å²) in [6.45, 7) is 0. The fourth-order valence-electron chi connectivity index (χ4n) is 3.97. The quantitative estimate of drug-likeness (QED) is 0.446. The first-order valence-electron chi connectivity index (χ1n) is 10.4. The number of halogens is 4. The van der Waals surface area contributed by atoms with Gasteiger partial charge in [0.25, 0.3) is 0 Å². The molecule has 0 saturated heterocycles. The molecule has 2 aromatic heterocycles. The molecule has 0 fully saturated rings. The molecule has 4 nitrogen and oxygen atoms in total. The lowest BCUT2D eigenvalue weighted by Crippen LogP contribution is -2.20. The van der Waals surface area contributed by atoms with Crippen molar-refractivity contribution in [2.24, 2.45) is 0 Å². The molecule has 2 heterocycles. The van der Waals surface area contributed by atoms with E-state index in [1.807, 2.05) is 0 Å². The first kappa shape index (κ1) is 21.1. The van der Waals surface area contributed by atoms with E-state index >= 15 is 0 Å². The molecule has 5 rings (SSSR count). The molecule has 0 radical (unpaired) electrons. The summed E-state index contributed by atoms with van der Waals surface area (Å²) in [6, 6.07) is 8.36. The van der Waals surface area contributed by atoms with Crippen LogP contribution in [-0.4, -0.2) is 21.0 Å². The number of nitrogens with one attached hydrogen (secondary N) is 1. The monoisotopic (exact) mass is 450 g/mol. The van der Waals surface area contributed by atoms with Crippen molar-refractivity contribution in [3.8, 4) is 11.4 Å². The van der Waals surface area contributed by atoms with Gasteiger partial charge in [-0.2, -0.15) is 0 Å². The number of hydrogen-bond donors (Lipinski definition) is 1. The van der Waals surface area contributed by atoms with Gasteiger partial charge in [0.05, 0.1) is 11.6 Å².